The second kappa shape index (κ2) is 10.4. The van der Waals surface area contributed by atoms with E-state index in [0.717, 1.165) is 27.3 Å². The molecule has 1 fully saturated rings. The fraction of sp³-hybridized carbons (Fsp3) is 0.333. The smallest absolute Gasteiger partial charge is 0.255 e. The normalized spacial score (nSPS) is 19.7. The minimum Gasteiger partial charge on any atom is -0.394 e. The highest BCUT2D eigenvalue weighted by molar-refractivity contribution is 7.13. The summed E-state index contributed by atoms with van der Waals surface area (Å²) in [6, 6.07) is 12.9. The van der Waals surface area contributed by atoms with Gasteiger partial charge in [-0.05, 0) is 29.7 Å². The molecule has 0 unspecified atom stereocenters. The summed E-state index contributed by atoms with van der Waals surface area (Å²) >= 11 is 1.57. The maximum atomic E-state index is 13.4. The third kappa shape index (κ3) is 4.87. The van der Waals surface area contributed by atoms with Crippen LogP contribution in [0, 0.1) is 6.92 Å². The Kier molecular flexibility index (Phi) is 7.05. The average Bonchev–Trinajstić information content (AvgIpc) is 3.60. The van der Waals surface area contributed by atoms with Crippen molar-refractivity contribution >= 4 is 29.1 Å². The lowest BCUT2D eigenvalue weighted by Gasteiger charge is -2.31. The summed E-state index contributed by atoms with van der Waals surface area (Å²) in [7, 11) is 0. The van der Waals surface area contributed by atoms with Crippen LogP contribution < -0.4 is 5.32 Å². The first-order valence-electron chi connectivity index (χ1n) is 12.1. The number of β-amino-alcohol motifs (C(OH)–C–C–N with tert-alkyl or cyclic N) is 1. The molecule has 0 radical (unpaired) electrons. The lowest BCUT2D eigenvalue weighted by atomic mass is 10.1. The number of hydrogen-bond acceptors (Lipinski definition) is 7. The largest absolute Gasteiger partial charge is 0.394 e. The van der Waals surface area contributed by atoms with E-state index in [2.05, 4.69) is 10.3 Å². The Hall–Kier alpha value is -3.60. The van der Waals surface area contributed by atoms with Gasteiger partial charge in [-0.2, -0.15) is 0 Å². The molecule has 1 saturated heterocycles. The van der Waals surface area contributed by atoms with Crippen LogP contribution in [0.25, 0.3) is 10.4 Å². The second-order valence-electron chi connectivity index (χ2n) is 9.37. The summed E-state index contributed by atoms with van der Waals surface area (Å²) in [5, 5.41) is 23.2. The number of hydrogen-bond donors (Lipinski definition) is 3. The molecule has 1 aromatic heterocycles. The van der Waals surface area contributed by atoms with Crippen molar-refractivity contribution in [1.29, 1.82) is 0 Å². The van der Waals surface area contributed by atoms with Gasteiger partial charge in [-0.1, -0.05) is 42.5 Å². The zero-order valence-electron chi connectivity index (χ0n) is 20.3. The fourth-order valence-corrected chi connectivity index (χ4v) is 5.81. The van der Waals surface area contributed by atoms with Crippen LogP contribution in [-0.4, -0.2) is 74.1 Å². The summed E-state index contributed by atoms with van der Waals surface area (Å²) in [6.07, 6.45) is -0.777. The zero-order valence-corrected chi connectivity index (χ0v) is 21.1. The number of fused-ring (bicyclic) bond motifs is 1. The molecule has 9 nitrogen and oxygen atoms in total. The molecule has 2 aliphatic heterocycles. The molecule has 3 amide bonds. The lowest BCUT2D eigenvalue weighted by Crippen LogP contribution is -2.55. The number of rotatable bonds is 7. The van der Waals surface area contributed by atoms with Crippen LogP contribution in [0.3, 0.4) is 0 Å². The number of aromatic nitrogens is 1. The van der Waals surface area contributed by atoms with Crippen LogP contribution in [0.1, 0.15) is 33.6 Å². The van der Waals surface area contributed by atoms with Crippen LogP contribution in [0.5, 0.6) is 0 Å². The van der Waals surface area contributed by atoms with Crippen molar-refractivity contribution in [3.8, 4) is 10.4 Å². The van der Waals surface area contributed by atoms with Crippen molar-refractivity contribution in [2.24, 2.45) is 0 Å². The predicted molar refractivity (Wildman–Crippen MR) is 137 cm³/mol. The minimum atomic E-state index is -1.14. The van der Waals surface area contributed by atoms with E-state index in [1.807, 2.05) is 48.8 Å². The molecule has 2 aliphatic rings. The van der Waals surface area contributed by atoms with E-state index in [1.54, 1.807) is 23.5 Å². The van der Waals surface area contributed by atoms with Gasteiger partial charge < -0.3 is 25.3 Å². The Balaban J connectivity index is 1.25. The van der Waals surface area contributed by atoms with Gasteiger partial charge in [0.05, 0.1) is 28.8 Å². The molecular formula is C27H28N4O5S. The van der Waals surface area contributed by atoms with E-state index in [9.17, 15) is 24.6 Å². The molecule has 0 aliphatic carbocycles. The van der Waals surface area contributed by atoms with Gasteiger partial charge in [0.2, 0.25) is 11.8 Å². The first kappa shape index (κ1) is 25.1. The average molecular weight is 521 g/mol. The number of aryl methyl sites for hydroxylation is 1. The summed E-state index contributed by atoms with van der Waals surface area (Å²) in [5.41, 5.74) is 6.01. The maximum Gasteiger partial charge on any atom is 0.255 e. The predicted octanol–water partition coefficient (Wildman–Crippen LogP) is 1.71. The zero-order chi connectivity index (χ0) is 26.1. The minimum absolute atomic E-state index is 0.0364. The van der Waals surface area contributed by atoms with E-state index in [1.165, 1.54) is 9.80 Å². The van der Waals surface area contributed by atoms with Gasteiger partial charge in [-0.3, -0.25) is 14.4 Å². The first-order valence-corrected chi connectivity index (χ1v) is 13.0. The highest BCUT2D eigenvalue weighted by Crippen LogP contribution is 2.28. The molecule has 3 N–H and O–H groups in total. The topological polar surface area (TPSA) is 123 Å². The maximum absolute atomic E-state index is 13.4. The molecule has 3 heterocycles. The van der Waals surface area contributed by atoms with Crippen LogP contribution in [0.2, 0.25) is 0 Å². The van der Waals surface area contributed by atoms with Gasteiger partial charge in [0.1, 0.15) is 12.1 Å². The number of benzene rings is 2. The van der Waals surface area contributed by atoms with E-state index in [4.69, 9.17) is 0 Å². The van der Waals surface area contributed by atoms with Crippen LogP contribution >= 0.6 is 11.3 Å². The lowest BCUT2D eigenvalue weighted by molar-refractivity contribution is -0.143. The fourth-order valence-electron chi connectivity index (χ4n) is 5.00. The molecule has 0 saturated carbocycles. The Morgan fingerprint density at radius 2 is 1.95 bits per heavy atom. The number of aliphatic hydroxyl groups excluding tert-OH is 2. The van der Waals surface area contributed by atoms with E-state index >= 15 is 0 Å². The van der Waals surface area contributed by atoms with Crippen LogP contribution in [-0.2, 0) is 22.7 Å². The molecular weight excluding hydrogens is 492 g/mol. The Morgan fingerprint density at radius 1 is 1.19 bits per heavy atom. The molecule has 3 aromatic rings. The highest BCUT2D eigenvalue weighted by Gasteiger charge is 2.44. The standard InChI is InChI=1S/C27H28N4O5S/c1-16-24(37-15-29-16)18-8-6-17(7-9-18)11-28-25(34)22-10-20(33)13-31(22)27(36)23(14-32)30-12-19-4-2-3-5-21(19)26(30)35/h2-9,15,20,22-23,32-33H,10-14H2,1H3,(H,28,34)/t20-,22+,23+/m1/s1. The molecule has 37 heavy (non-hydrogen) atoms. The van der Waals surface area contributed by atoms with Gasteiger partial charge in [-0.15, -0.1) is 11.3 Å². The highest BCUT2D eigenvalue weighted by atomic mass is 32.1. The number of nitrogens with zero attached hydrogens (tertiary/aromatic N) is 3. The van der Waals surface area contributed by atoms with Crippen molar-refractivity contribution in [3.63, 3.8) is 0 Å². The van der Waals surface area contributed by atoms with E-state index in [0.29, 0.717) is 5.56 Å². The monoisotopic (exact) mass is 520 g/mol. The molecule has 0 bridgehead atoms. The van der Waals surface area contributed by atoms with Crippen molar-refractivity contribution in [2.75, 3.05) is 13.2 Å². The molecule has 3 atom stereocenters. The quantitative estimate of drug-likeness (QED) is 0.436. The van der Waals surface area contributed by atoms with Gasteiger partial charge in [-0.25, -0.2) is 4.98 Å². The van der Waals surface area contributed by atoms with E-state index < -0.39 is 30.7 Å². The van der Waals surface area contributed by atoms with E-state index in [-0.39, 0.29) is 37.9 Å². The summed E-state index contributed by atoms with van der Waals surface area (Å²) in [6.45, 7) is 1.81. The van der Waals surface area contributed by atoms with Crippen molar-refractivity contribution in [3.05, 3.63) is 76.4 Å². The molecule has 0 spiro atoms. The number of nitrogens with one attached hydrogen (secondary N) is 1. The summed E-state index contributed by atoms with van der Waals surface area (Å²) in [4.78, 5) is 47.4. The summed E-state index contributed by atoms with van der Waals surface area (Å²) < 4.78 is 0. The third-order valence-corrected chi connectivity index (χ3v) is 7.95. The first-order chi connectivity index (χ1) is 17.9. The van der Waals surface area contributed by atoms with Crippen molar-refractivity contribution < 1.29 is 24.6 Å². The number of carbonyl (C=O) groups excluding carboxylic acids is 3. The number of amides is 3. The number of carbonyl (C=O) groups is 3. The molecule has 2 aromatic carbocycles. The number of aliphatic hydroxyl groups is 2. The van der Waals surface area contributed by atoms with Gasteiger partial charge in [0.15, 0.2) is 0 Å². The number of likely N-dealkylation sites (tertiary alicyclic amines) is 1. The van der Waals surface area contributed by atoms with Gasteiger partial charge in [0, 0.05) is 31.6 Å². The summed E-state index contributed by atoms with van der Waals surface area (Å²) in [5.74, 6) is -1.27. The Morgan fingerprint density at radius 3 is 2.62 bits per heavy atom. The van der Waals surface area contributed by atoms with Crippen molar-refractivity contribution in [2.45, 2.75) is 44.6 Å². The SMILES string of the molecule is Cc1ncsc1-c1ccc(CNC(=O)[C@@H]2C[C@@H](O)CN2C(=O)[C@H](CO)N2Cc3ccccc3C2=O)cc1. The molecule has 10 heteroatoms. The van der Waals surface area contributed by atoms with Crippen LogP contribution in [0.15, 0.2) is 54.0 Å². The van der Waals surface area contributed by atoms with Gasteiger partial charge in [0.25, 0.3) is 5.91 Å². The Bertz CT molecular complexity index is 1320. The van der Waals surface area contributed by atoms with Crippen molar-refractivity contribution in [1.82, 2.24) is 20.1 Å². The molecule has 192 valence electrons. The third-order valence-electron chi connectivity index (χ3n) is 6.98. The van der Waals surface area contributed by atoms with Gasteiger partial charge >= 0.3 is 0 Å². The Labute approximate surface area is 218 Å². The molecule has 5 rings (SSSR count). The van der Waals surface area contributed by atoms with Crippen LogP contribution in [0.4, 0.5) is 0 Å². The number of thiazole rings is 1. The second-order valence-corrected chi connectivity index (χ2v) is 10.2.